The minimum atomic E-state index is -1.24. The summed E-state index contributed by atoms with van der Waals surface area (Å²) in [4.78, 5) is 0. The van der Waals surface area contributed by atoms with Crippen LogP contribution in [0.5, 0.6) is 0 Å². The standard InChI is InChI=1S/C20H42Br2Si/c1-3-5-7-9-11-13-15-17-19-23(21,22)20-18-16-14-12-10-8-6-4-2/h3-20H2,1-2H3. The zero-order valence-electron chi connectivity index (χ0n) is 16.0. The lowest BCUT2D eigenvalue weighted by molar-refractivity contribution is 0.581. The lowest BCUT2D eigenvalue weighted by Gasteiger charge is -2.17. The van der Waals surface area contributed by atoms with E-state index in [-0.39, 0.29) is 0 Å². The highest BCUT2D eigenvalue weighted by Crippen LogP contribution is 2.34. The molecule has 0 bridgehead atoms. The second-order valence-corrected chi connectivity index (χ2v) is 22.3. The summed E-state index contributed by atoms with van der Waals surface area (Å²) < 4.78 is 0. The van der Waals surface area contributed by atoms with E-state index in [1.165, 1.54) is 115 Å². The van der Waals surface area contributed by atoms with Crippen molar-refractivity contribution in [2.75, 3.05) is 0 Å². The Balaban J connectivity index is 3.33. The molecule has 0 unspecified atom stereocenters. The van der Waals surface area contributed by atoms with Crippen LogP contribution in [0.2, 0.25) is 12.1 Å². The van der Waals surface area contributed by atoms with Gasteiger partial charge in [0.15, 0.2) is 0 Å². The molecule has 0 aliphatic rings. The summed E-state index contributed by atoms with van der Waals surface area (Å²) in [5, 5.41) is -1.24. The van der Waals surface area contributed by atoms with Crippen LogP contribution in [0.4, 0.5) is 0 Å². The lowest BCUT2D eigenvalue weighted by Crippen LogP contribution is -2.16. The summed E-state index contributed by atoms with van der Waals surface area (Å²) in [6.45, 7) is 4.59. The van der Waals surface area contributed by atoms with Gasteiger partial charge < -0.3 is 0 Å². The van der Waals surface area contributed by atoms with E-state index in [0.29, 0.717) is 0 Å². The third-order valence-corrected chi connectivity index (χ3v) is 11.7. The van der Waals surface area contributed by atoms with Crippen LogP contribution in [0.3, 0.4) is 0 Å². The molecule has 23 heavy (non-hydrogen) atoms. The van der Waals surface area contributed by atoms with Crippen molar-refractivity contribution in [2.45, 2.75) is 129 Å². The molecule has 3 heteroatoms. The Morgan fingerprint density at radius 2 is 0.696 bits per heavy atom. The fourth-order valence-corrected chi connectivity index (χ4v) is 8.31. The van der Waals surface area contributed by atoms with Gasteiger partial charge >= 0.3 is 0 Å². The van der Waals surface area contributed by atoms with Crippen molar-refractivity contribution in [3.05, 3.63) is 0 Å². The lowest BCUT2D eigenvalue weighted by atomic mass is 10.1. The van der Waals surface area contributed by atoms with Gasteiger partial charge in [-0.15, -0.1) is 30.6 Å². The largest absolute Gasteiger partial charge is 0.201 e. The van der Waals surface area contributed by atoms with Gasteiger partial charge in [-0.05, 0) is 12.1 Å². The van der Waals surface area contributed by atoms with E-state index in [1.54, 1.807) is 0 Å². The van der Waals surface area contributed by atoms with Crippen molar-refractivity contribution in [3.63, 3.8) is 0 Å². The van der Waals surface area contributed by atoms with Crippen molar-refractivity contribution >= 4 is 35.9 Å². The molecule has 0 fully saturated rings. The van der Waals surface area contributed by atoms with Crippen LogP contribution in [0, 0.1) is 0 Å². The van der Waals surface area contributed by atoms with E-state index >= 15 is 0 Å². The first-order valence-electron chi connectivity index (χ1n) is 10.5. The molecule has 0 aliphatic heterocycles. The Morgan fingerprint density at radius 1 is 0.435 bits per heavy atom. The molecule has 0 spiro atoms. The van der Waals surface area contributed by atoms with Crippen molar-refractivity contribution in [3.8, 4) is 0 Å². The molecule has 0 atom stereocenters. The first-order valence-corrected chi connectivity index (χ1v) is 17.4. The molecule has 0 aromatic heterocycles. The molecular weight excluding hydrogens is 428 g/mol. The predicted octanol–water partition coefficient (Wildman–Crippen LogP) is 9.50. The molecule has 0 saturated heterocycles. The number of halogens is 2. The summed E-state index contributed by atoms with van der Waals surface area (Å²) in [7, 11) is 0. The highest BCUT2D eigenvalue weighted by Gasteiger charge is 2.24. The average Bonchev–Trinajstić information content (AvgIpc) is 2.52. The molecule has 140 valence electrons. The maximum absolute atomic E-state index is 4.04. The minimum Gasteiger partial charge on any atom is -0.111 e. The fraction of sp³-hybridized carbons (Fsp3) is 1.00. The van der Waals surface area contributed by atoms with Gasteiger partial charge in [0.2, 0.25) is 5.31 Å². The van der Waals surface area contributed by atoms with Crippen molar-refractivity contribution in [1.82, 2.24) is 0 Å². The Labute approximate surface area is 164 Å². The van der Waals surface area contributed by atoms with Crippen LogP contribution >= 0.6 is 30.6 Å². The maximum atomic E-state index is 4.04. The van der Waals surface area contributed by atoms with E-state index in [1.807, 2.05) is 0 Å². The minimum absolute atomic E-state index is 1.24. The molecule has 0 nitrogen and oxygen atoms in total. The zero-order chi connectivity index (χ0) is 17.2. The van der Waals surface area contributed by atoms with Crippen LogP contribution in [0.25, 0.3) is 0 Å². The molecule has 0 N–H and O–H groups in total. The second-order valence-electron chi connectivity index (χ2n) is 7.31. The van der Waals surface area contributed by atoms with E-state index in [4.69, 9.17) is 0 Å². The quantitative estimate of drug-likeness (QED) is 0.106. The molecule has 0 aromatic rings. The van der Waals surface area contributed by atoms with E-state index in [0.717, 1.165) is 0 Å². The predicted molar refractivity (Wildman–Crippen MR) is 118 cm³/mol. The molecule has 0 radical (unpaired) electrons. The smallest absolute Gasteiger partial charge is 0.111 e. The molecule has 0 heterocycles. The Hall–Kier alpha value is 1.18. The van der Waals surface area contributed by atoms with Gasteiger partial charge in [0.05, 0.1) is 0 Å². The SMILES string of the molecule is CCCCCCCCCC[Si](Br)(Br)CCCCCCCCCC. The third kappa shape index (κ3) is 19.3. The van der Waals surface area contributed by atoms with Crippen LogP contribution in [-0.4, -0.2) is 5.31 Å². The summed E-state index contributed by atoms with van der Waals surface area (Å²) >= 11 is 8.09. The summed E-state index contributed by atoms with van der Waals surface area (Å²) in [6, 6.07) is 2.83. The topological polar surface area (TPSA) is 0 Å². The van der Waals surface area contributed by atoms with Gasteiger partial charge in [-0.1, -0.05) is 117 Å². The van der Waals surface area contributed by atoms with Gasteiger partial charge in [0, 0.05) is 0 Å². The molecule has 0 aliphatic carbocycles. The van der Waals surface area contributed by atoms with Gasteiger partial charge in [0.25, 0.3) is 0 Å². The van der Waals surface area contributed by atoms with E-state index in [2.05, 4.69) is 44.4 Å². The average molecular weight is 470 g/mol. The number of hydrogen-bond donors (Lipinski definition) is 0. The summed E-state index contributed by atoms with van der Waals surface area (Å²) in [6.07, 6.45) is 22.9. The summed E-state index contributed by atoms with van der Waals surface area (Å²) in [5.74, 6) is 0. The molecular formula is C20H42Br2Si. The van der Waals surface area contributed by atoms with Crippen molar-refractivity contribution in [1.29, 1.82) is 0 Å². The maximum Gasteiger partial charge on any atom is 0.201 e. The zero-order valence-corrected chi connectivity index (χ0v) is 20.2. The van der Waals surface area contributed by atoms with Gasteiger partial charge in [0.1, 0.15) is 0 Å². The first-order chi connectivity index (χ1) is 11.1. The van der Waals surface area contributed by atoms with Crippen LogP contribution < -0.4 is 0 Å². The van der Waals surface area contributed by atoms with Crippen LogP contribution in [0.15, 0.2) is 0 Å². The van der Waals surface area contributed by atoms with Gasteiger partial charge in [-0.25, -0.2) is 0 Å². The normalized spacial score (nSPS) is 12.0. The first kappa shape index (κ1) is 24.2. The summed E-state index contributed by atoms with van der Waals surface area (Å²) in [5.41, 5.74) is 0. The molecule has 0 amide bonds. The van der Waals surface area contributed by atoms with Crippen LogP contribution in [-0.2, 0) is 0 Å². The highest BCUT2D eigenvalue weighted by atomic mass is 79.9. The number of hydrogen-bond acceptors (Lipinski definition) is 0. The monoisotopic (exact) mass is 468 g/mol. The number of rotatable bonds is 18. The highest BCUT2D eigenvalue weighted by molar-refractivity contribution is 9.51. The van der Waals surface area contributed by atoms with Crippen molar-refractivity contribution < 1.29 is 0 Å². The molecule has 0 rings (SSSR count). The number of unbranched alkanes of at least 4 members (excludes halogenated alkanes) is 14. The van der Waals surface area contributed by atoms with Crippen LogP contribution in [0.1, 0.15) is 117 Å². The van der Waals surface area contributed by atoms with E-state index < -0.39 is 5.31 Å². The van der Waals surface area contributed by atoms with Gasteiger partial charge in [-0.2, -0.15) is 0 Å². The van der Waals surface area contributed by atoms with E-state index in [9.17, 15) is 0 Å². The fourth-order valence-electron chi connectivity index (χ4n) is 3.16. The molecule has 0 saturated carbocycles. The van der Waals surface area contributed by atoms with Gasteiger partial charge in [-0.3, -0.25) is 0 Å². The Bertz CT molecular complexity index is 210. The van der Waals surface area contributed by atoms with Crippen molar-refractivity contribution in [2.24, 2.45) is 0 Å². The second kappa shape index (κ2) is 18.0. The molecule has 0 aromatic carbocycles. The third-order valence-electron chi connectivity index (χ3n) is 4.79. The Kier molecular flexibility index (Phi) is 18.9. The Morgan fingerprint density at radius 3 is 1.00 bits per heavy atom.